The lowest BCUT2D eigenvalue weighted by molar-refractivity contribution is -0.115. The number of halogens is 1. The first-order valence-electron chi connectivity index (χ1n) is 5.67. The van der Waals surface area contributed by atoms with Crippen LogP contribution in [0.25, 0.3) is 0 Å². The van der Waals surface area contributed by atoms with Gasteiger partial charge in [-0.05, 0) is 35.9 Å². The summed E-state index contributed by atoms with van der Waals surface area (Å²) in [5.74, 6) is -0.0488. The van der Waals surface area contributed by atoms with Gasteiger partial charge in [0.15, 0.2) is 0 Å². The molecule has 98 valence electrons. The molecule has 0 aromatic heterocycles. The molecule has 0 heterocycles. The van der Waals surface area contributed by atoms with E-state index in [0.29, 0.717) is 16.4 Å². The Morgan fingerprint density at radius 3 is 2.74 bits per heavy atom. The van der Waals surface area contributed by atoms with Gasteiger partial charge >= 0.3 is 0 Å². The number of rotatable bonds is 3. The molecule has 5 heteroatoms. The van der Waals surface area contributed by atoms with Gasteiger partial charge in [0.25, 0.3) is 0 Å². The molecule has 0 atom stereocenters. The molecular weight excluding hydrogens is 264 g/mol. The van der Waals surface area contributed by atoms with Crippen LogP contribution >= 0.6 is 11.6 Å². The summed E-state index contributed by atoms with van der Waals surface area (Å²) >= 11 is 5.87. The van der Waals surface area contributed by atoms with Crippen LogP contribution in [0, 0.1) is 0 Å². The maximum atomic E-state index is 11.8. The minimum Gasteiger partial charge on any atom is -0.508 e. The maximum Gasteiger partial charge on any atom is 0.228 e. The third kappa shape index (κ3) is 3.63. The maximum absolute atomic E-state index is 11.8. The van der Waals surface area contributed by atoms with Crippen LogP contribution in [0.4, 0.5) is 11.4 Å². The van der Waals surface area contributed by atoms with Crippen LogP contribution in [0.15, 0.2) is 42.5 Å². The number of nitrogens with one attached hydrogen (secondary N) is 1. The molecule has 0 unspecified atom stereocenters. The number of amides is 1. The Balaban J connectivity index is 2.03. The minimum atomic E-state index is -0.188. The molecule has 4 nitrogen and oxygen atoms in total. The summed E-state index contributed by atoms with van der Waals surface area (Å²) in [4.78, 5) is 11.8. The van der Waals surface area contributed by atoms with Crippen LogP contribution in [-0.2, 0) is 11.2 Å². The number of phenols is 1. The number of anilines is 2. The Morgan fingerprint density at radius 2 is 2.05 bits per heavy atom. The van der Waals surface area contributed by atoms with Gasteiger partial charge in [0.2, 0.25) is 5.91 Å². The number of hydrogen-bond acceptors (Lipinski definition) is 3. The number of phenolic OH excluding ortho intramolecular Hbond substituents is 1. The predicted molar refractivity (Wildman–Crippen MR) is 76.3 cm³/mol. The molecule has 4 N–H and O–H groups in total. The van der Waals surface area contributed by atoms with Gasteiger partial charge < -0.3 is 16.2 Å². The van der Waals surface area contributed by atoms with Crippen LogP contribution in [0.2, 0.25) is 5.02 Å². The summed E-state index contributed by atoms with van der Waals surface area (Å²) in [5, 5.41) is 12.4. The van der Waals surface area contributed by atoms with E-state index >= 15 is 0 Å². The van der Waals surface area contributed by atoms with Crippen molar-refractivity contribution in [3.8, 4) is 5.75 Å². The number of aromatic hydroxyl groups is 1. The topological polar surface area (TPSA) is 75.3 Å². The molecule has 0 saturated carbocycles. The lowest BCUT2D eigenvalue weighted by Crippen LogP contribution is -2.14. The highest BCUT2D eigenvalue weighted by Gasteiger charge is 2.06. The summed E-state index contributed by atoms with van der Waals surface area (Å²) in [6.07, 6.45) is 0.177. The van der Waals surface area contributed by atoms with Crippen LogP contribution in [0.3, 0.4) is 0 Å². The van der Waals surface area contributed by atoms with E-state index in [-0.39, 0.29) is 18.1 Å². The first kappa shape index (κ1) is 13.2. The van der Waals surface area contributed by atoms with Gasteiger partial charge in [-0.2, -0.15) is 0 Å². The van der Waals surface area contributed by atoms with Gasteiger partial charge in [0, 0.05) is 5.69 Å². The van der Waals surface area contributed by atoms with E-state index in [1.54, 1.807) is 42.5 Å². The summed E-state index contributed by atoms with van der Waals surface area (Å²) in [5.41, 5.74) is 7.38. The van der Waals surface area contributed by atoms with Gasteiger partial charge in [-0.3, -0.25) is 4.79 Å². The van der Waals surface area contributed by atoms with Crippen molar-refractivity contribution >= 4 is 28.9 Å². The largest absolute Gasteiger partial charge is 0.508 e. The third-order valence-electron chi connectivity index (χ3n) is 2.56. The Bertz CT molecular complexity index is 614. The molecule has 19 heavy (non-hydrogen) atoms. The molecule has 2 rings (SSSR count). The van der Waals surface area contributed by atoms with Crippen molar-refractivity contribution in [2.45, 2.75) is 6.42 Å². The molecule has 1 amide bonds. The van der Waals surface area contributed by atoms with E-state index in [4.69, 9.17) is 17.3 Å². The van der Waals surface area contributed by atoms with Gasteiger partial charge in [0.1, 0.15) is 5.75 Å². The van der Waals surface area contributed by atoms with E-state index < -0.39 is 0 Å². The van der Waals surface area contributed by atoms with Crippen LogP contribution in [0.1, 0.15) is 5.56 Å². The number of nitrogens with two attached hydrogens (primary N) is 1. The number of hydrogen-bond donors (Lipinski definition) is 3. The van der Waals surface area contributed by atoms with Crippen molar-refractivity contribution in [1.82, 2.24) is 0 Å². The first-order valence-corrected chi connectivity index (χ1v) is 6.05. The van der Waals surface area contributed by atoms with Crippen molar-refractivity contribution in [3.63, 3.8) is 0 Å². The lowest BCUT2D eigenvalue weighted by Gasteiger charge is -2.07. The van der Waals surface area contributed by atoms with E-state index in [1.807, 2.05) is 0 Å². The van der Waals surface area contributed by atoms with E-state index in [9.17, 15) is 9.90 Å². The van der Waals surface area contributed by atoms with E-state index in [0.717, 1.165) is 5.56 Å². The third-order valence-corrected chi connectivity index (χ3v) is 2.89. The average molecular weight is 277 g/mol. The zero-order valence-electron chi connectivity index (χ0n) is 10.1. The molecule has 0 aliphatic rings. The van der Waals surface area contributed by atoms with Crippen molar-refractivity contribution in [1.29, 1.82) is 0 Å². The van der Waals surface area contributed by atoms with Crippen molar-refractivity contribution in [3.05, 3.63) is 53.1 Å². The molecule has 2 aromatic carbocycles. The molecule has 0 bridgehead atoms. The van der Waals surface area contributed by atoms with Crippen LogP contribution < -0.4 is 11.1 Å². The minimum absolute atomic E-state index is 0.140. The van der Waals surface area contributed by atoms with Crippen molar-refractivity contribution in [2.24, 2.45) is 0 Å². The summed E-state index contributed by atoms with van der Waals surface area (Å²) in [6.45, 7) is 0. The molecule has 0 radical (unpaired) electrons. The van der Waals surface area contributed by atoms with Gasteiger partial charge in [-0.15, -0.1) is 0 Å². The smallest absolute Gasteiger partial charge is 0.228 e. The van der Waals surface area contributed by atoms with Gasteiger partial charge in [-0.1, -0.05) is 23.7 Å². The van der Waals surface area contributed by atoms with Gasteiger partial charge in [-0.25, -0.2) is 0 Å². The molecule has 0 aliphatic carbocycles. The second-order valence-corrected chi connectivity index (χ2v) is 4.54. The predicted octanol–water partition coefficient (Wildman–Crippen LogP) is 2.81. The second kappa shape index (κ2) is 5.63. The highest BCUT2D eigenvalue weighted by Crippen LogP contribution is 2.22. The molecule has 0 spiro atoms. The number of nitrogen functional groups attached to an aromatic ring is 1. The second-order valence-electron chi connectivity index (χ2n) is 4.13. The highest BCUT2D eigenvalue weighted by molar-refractivity contribution is 6.33. The summed E-state index contributed by atoms with van der Waals surface area (Å²) in [7, 11) is 0. The Kier molecular flexibility index (Phi) is 3.92. The Labute approximate surface area is 115 Å². The fourth-order valence-electron chi connectivity index (χ4n) is 1.66. The van der Waals surface area contributed by atoms with Crippen molar-refractivity contribution < 1.29 is 9.90 Å². The SMILES string of the molecule is Nc1ccc(NC(=O)Cc2cccc(O)c2)cc1Cl. The fraction of sp³-hybridized carbons (Fsp3) is 0.0714. The molecule has 0 fully saturated rings. The molecule has 0 aliphatic heterocycles. The van der Waals surface area contributed by atoms with E-state index in [2.05, 4.69) is 5.32 Å². The number of carbonyl (C=O) groups is 1. The van der Waals surface area contributed by atoms with Crippen LogP contribution in [0.5, 0.6) is 5.75 Å². The Morgan fingerprint density at radius 1 is 1.26 bits per heavy atom. The van der Waals surface area contributed by atoms with Gasteiger partial charge in [0.05, 0.1) is 17.1 Å². The first-order chi connectivity index (χ1) is 9.04. The average Bonchev–Trinajstić information content (AvgIpc) is 2.34. The molecule has 2 aromatic rings. The standard InChI is InChI=1S/C14H13ClN2O2/c15-12-8-10(4-5-13(12)16)17-14(19)7-9-2-1-3-11(18)6-9/h1-6,8,18H,7,16H2,(H,17,19). The Hall–Kier alpha value is -2.20. The number of carbonyl (C=O) groups excluding carboxylic acids is 1. The normalized spacial score (nSPS) is 10.2. The summed E-state index contributed by atoms with van der Waals surface area (Å²) in [6, 6.07) is 11.5. The zero-order chi connectivity index (χ0) is 13.8. The van der Waals surface area contributed by atoms with Crippen LogP contribution in [-0.4, -0.2) is 11.0 Å². The highest BCUT2D eigenvalue weighted by atomic mass is 35.5. The van der Waals surface area contributed by atoms with Crippen molar-refractivity contribution in [2.75, 3.05) is 11.1 Å². The monoisotopic (exact) mass is 276 g/mol. The molecule has 0 saturated heterocycles. The lowest BCUT2D eigenvalue weighted by atomic mass is 10.1. The molecular formula is C14H13ClN2O2. The fourth-order valence-corrected chi connectivity index (χ4v) is 1.84. The summed E-state index contributed by atoms with van der Waals surface area (Å²) < 4.78 is 0. The van der Waals surface area contributed by atoms with E-state index in [1.165, 1.54) is 0 Å². The quantitative estimate of drug-likeness (QED) is 0.755. The zero-order valence-corrected chi connectivity index (χ0v) is 10.8. The number of benzene rings is 2.